The molecule has 1 amide bonds. The topological polar surface area (TPSA) is 57.2 Å². The van der Waals surface area contributed by atoms with Gasteiger partial charge in [-0.25, -0.2) is 0 Å². The minimum Gasteiger partial charge on any atom is -0.383 e. The molecule has 1 rings (SSSR count). The zero-order valence-electron chi connectivity index (χ0n) is 13.2. The third-order valence-corrected chi connectivity index (χ3v) is 5.09. The molecular formula is C13H26NO5PS. The minimum atomic E-state index is -1.33. The maximum Gasteiger partial charge on any atom is 0.332 e. The van der Waals surface area contributed by atoms with E-state index in [-0.39, 0.29) is 18.1 Å². The number of amides is 1. The molecule has 1 unspecified atom stereocenters. The van der Waals surface area contributed by atoms with Gasteiger partial charge in [0.1, 0.15) is 0 Å². The molecule has 1 fully saturated rings. The molecule has 1 aliphatic heterocycles. The van der Waals surface area contributed by atoms with Crippen molar-refractivity contribution in [2.75, 3.05) is 46.5 Å². The van der Waals surface area contributed by atoms with E-state index in [4.69, 9.17) is 18.3 Å². The van der Waals surface area contributed by atoms with Crippen molar-refractivity contribution in [1.29, 1.82) is 0 Å². The van der Waals surface area contributed by atoms with Gasteiger partial charge in [0.15, 0.2) is 0 Å². The largest absolute Gasteiger partial charge is 0.383 e. The van der Waals surface area contributed by atoms with Crippen molar-refractivity contribution < 1.29 is 23.1 Å². The molecule has 0 aromatic heterocycles. The second kappa shape index (κ2) is 10.8. The van der Waals surface area contributed by atoms with Crippen molar-refractivity contribution >= 4 is 26.3 Å². The van der Waals surface area contributed by atoms with E-state index in [1.165, 1.54) is 0 Å². The van der Waals surface area contributed by atoms with E-state index in [9.17, 15) is 4.79 Å². The number of hydrogen-bond donors (Lipinski definition) is 0. The van der Waals surface area contributed by atoms with Gasteiger partial charge in [-0.15, -0.1) is 0 Å². The number of rotatable bonds is 10. The number of carbonyl (C=O) groups excluding carboxylic acids is 1. The number of nitrogens with zero attached hydrogens (tertiary/aromatic N) is 1. The summed E-state index contributed by atoms with van der Waals surface area (Å²) >= 11 is 1.76. The van der Waals surface area contributed by atoms with Crippen LogP contribution in [0.5, 0.6) is 0 Å². The number of likely N-dealkylation sites (tertiary alicyclic amines) is 1. The second-order valence-electron chi connectivity index (χ2n) is 4.80. The van der Waals surface area contributed by atoms with Gasteiger partial charge in [0.25, 0.3) is 0 Å². The van der Waals surface area contributed by atoms with Crippen molar-refractivity contribution in [3.8, 4) is 0 Å². The molecule has 0 radical (unpaired) electrons. The molecule has 0 aromatic rings. The highest BCUT2D eigenvalue weighted by molar-refractivity contribution is 7.98. The monoisotopic (exact) mass is 339 g/mol. The van der Waals surface area contributed by atoms with Gasteiger partial charge >= 0.3 is 8.60 Å². The number of methoxy groups -OCH3 is 1. The Morgan fingerprint density at radius 3 is 2.62 bits per heavy atom. The highest BCUT2D eigenvalue weighted by Crippen LogP contribution is 2.41. The maximum absolute atomic E-state index is 12.3. The van der Waals surface area contributed by atoms with Crippen molar-refractivity contribution in [2.45, 2.75) is 31.4 Å². The molecule has 0 saturated carbocycles. The van der Waals surface area contributed by atoms with Gasteiger partial charge in [-0.05, 0) is 24.9 Å². The lowest BCUT2D eigenvalue weighted by atomic mass is 10.2. The normalized spacial score (nSPS) is 22.2. The molecule has 124 valence electrons. The van der Waals surface area contributed by atoms with E-state index in [1.807, 2.05) is 4.90 Å². The fraction of sp³-hybridized carbons (Fsp3) is 0.923. The van der Waals surface area contributed by atoms with Crippen LogP contribution in [0.4, 0.5) is 0 Å². The summed E-state index contributed by atoms with van der Waals surface area (Å²) in [5.74, 6) is 1.18. The Hall–Kier alpha value is 0.0900. The highest BCUT2D eigenvalue weighted by atomic mass is 32.2. The molecular weight excluding hydrogens is 313 g/mol. The van der Waals surface area contributed by atoms with Gasteiger partial charge < -0.3 is 23.2 Å². The molecule has 0 aromatic carbocycles. The Bertz CT molecular complexity index is 306. The lowest BCUT2D eigenvalue weighted by Crippen LogP contribution is -2.38. The van der Waals surface area contributed by atoms with Crippen molar-refractivity contribution in [3.63, 3.8) is 0 Å². The Labute approximate surface area is 132 Å². The molecule has 8 heteroatoms. The molecule has 0 bridgehead atoms. The second-order valence-corrected chi connectivity index (χ2v) is 7.18. The zero-order valence-corrected chi connectivity index (χ0v) is 15.0. The fourth-order valence-corrected chi connectivity index (χ4v) is 3.55. The predicted octanol–water partition coefficient (Wildman–Crippen LogP) is 2.28. The van der Waals surface area contributed by atoms with Gasteiger partial charge in [-0.3, -0.25) is 4.79 Å². The van der Waals surface area contributed by atoms with E-state index in [0.29, 0.717) is 19.6 Å². The number of ether oxygens (including phenoxy) is 1. The van der Waals surface area contributed by atoms with E-state index in [2.05, 4.69) is 6.26 Å². The summed E-state index contributed by atoms with van der Waals surface area (Å²) < 4.78 is 21.2. The van der Waals surface area contributed by atoms with Crippen LogP contribution in [0.3, 0.4) is 0 Å². The first-order valence-electron chi connectivity index (χ1n) is 6.98. The molecule has 2 atom stereocenters. The standard InChI is InChI=1S/C13H26NO5PS/c1-16-10-11-8-12(19-20(17-2)18-3)9-14(11)13(15)6-5-7-21-4/h11-12H,5-10H2,1-4H3/t11-,12?/m0/s1. The number of thioether (sulfide) groups is 1. The van der Waals surface area contributed by atoms with Crippen LogP contribution >= 0.6 is 20.4 Å². The van der Waals surface area contributed by atoms with E-state index in [0.717, 1.165) is 18.6 Å². The van der Waals surface area contributed by atoms with Crippen molar-refractivity contribution in [2.24, 2.45) is 0 Å². The zero-order chi connectivity index (χ0) is 15.7. The third-order valence-electron chi connectivity index (χ3n) is 3.33. The first-order chi connectivity index (χ1) is 10.2. The minimum absolute atomic E-state index is 0.0549. The Morgan fingerprint density at radius 2 is 2.05 bits per heavy atom. The van der Waals surface area contributed by atoms with Gasteiger partial charge in [-0.1, -0.05) is 0 Å². The van der Waals surface area contributed by atoms with Crippen LogP contribution in [0.1, 0.15) is 19.3 Å². The highest BCUT2D eigenvalue weighted by Gasteiger charge is 2.37. The average Bonchev–Trinajstić information content (AvgIpc) is 2.88. The summed E-state index contributed by atoms with van der Waals surface area (Å²) in [4.78, 5) is 14.2. The molecule has 1 saturated heterocycles. The average molecular weight is 339 g/mol. The Morgan fingerprint density at radius 1 is 1.33 bits per heavy atom. The predicted molar refractivity (Wildman–Crippen MR) is 85.4 cm³/mol. The van der Waals surface area contributed by atoms with Crippen molar-refractivity contribution in [1.82, 2.24) is 4.90 Å². The molecule has 1 heterocycles. The molecule has 0 spiro atoms. The molecule has 0 N–H and O–H groups in total. The first-order valence-corrected chi connectivity index (χ1v) is 9.47. The summed E-state index contributed by atoms with van der Waals surface area (Å²) in [5, 5.41) is 0. The van der Waals surface area contributed by atoms with Crippen LogP contribution in [-0.2, 0) is 23.1 Å². The quantitative estimate of drug-likeness (QED) is 0.450. The van der Waals surface area contributed by atoms with Crippen LogP contribution in [0.25, 0.3) is 0 Å². The Kier molecular flexibility index (Phi) is 9.80. The van der Waals surface area contributed by atoms with Crippen molar-refractivity contribution in [3.05, 3.63) is 0 Å². The molecule has 0 aliphatic carbocycles. The summed E-state index contributed by atoms with van der Waals surface area (Å²) in [6, 6.07) is 0.0762. The number of carbonyl (C=O) groups is 1. The molecule has 6 nitrogen and oxygen atoms in total. The first kappa shape index (κ1) is 19.1. The third kappa shape index (κ3) is 6.38. The van der Waals surface area contributed by atoms with Gasteiger partial charge in [-0.2, -0.15) is 11.8 Å². The summed E-state index contributed by atoms with van der Waals surface area (Å²) in [7, 11) is 3.44. The summed E-state index contributed by atoms with van der Waals surface area (Å²) in [6.07, 6.45) is 4.24. The van der Waals surface area contributed by atoms with Crippen LogP contribution < -0.4 is 0 Å². The summed E-state index contributed by atoms with van der Waals surface area (Å²) in [5.41, 5.74) is 0. The SMILES string of the molecule is COC[C@@H]1CC(OP(OC)OC)CN1C(=O)CCCSC. The van der Waals surface area contributed by atoms with Gasteiger partial charge in [0.2, 0.25) is 5.91 Å². The lowest BCUT2D eigenvalue weighted by Gasteiger charge is -2.23. The van der Waals surface area contributed by atoms with Gasteiger partial charge in [0.05, 0.1) is 18.8 Å². The van der Waals surface area contributed by atoms with Crippen LogP contribution in [0, 0.1) is 0 Å². The Balaban J connectivity index is 2.53. The van der Waals surface area contributed by atoms with Gasteiger partial charge in [0, 0.05) is 34.3 Å². The lowest BCUT2D eigenvalue weighted by molar-refractivity contribution is -0.133. The van der Waals surface area contributed by atoms with E-state index >= 15 is 0 Å². The fourth-order valence-electron chi connectivity index (χ4n) is 2.40. The summed E-state index contributed by atoms with van der Waals surface area (Å²) in [6.45, 7) is 1.11. The van der Waals surface area contributed by atoms with E-state index < -0.39 is 8.60 Å². The smallest absolute Gasteiger partial charge is 0.332 e. The van der Waals surface area contributed by atoms with Crippen LogP contribution in [0.15, 0.2) is 0 Å². The van der Waals surface area contributed by atoms with Crippen LogP contribution in [-0.4, -0.2) is 69.4 Å². The molecule has 21 heavy (non-hydrogen) atoms. The van der Waals surface area contributed by atoms with Crippen LogP contribution in [0.2, 0.25) is 0 Å². The maximum atomic E-state index is 12.3. The van der Waals surface area contributed by atoms with E-state index in [1.54, 1.807) is 33.1 Å². The molecule has 1 aliphatic rings. The number of hydrogen-bond acceptors (Lipinski definition) is 6.